The summed E-state index contributed by atoms with van der Waals surface area (Å²) in [6.45, 7) is -0.163. The molecule has 4 rings (SSSR count). The number of aliphatic carboxylic acids is 1. The van der Waals surface area contributed by atoms with E-state index in [1.165, 1.54) is 34.1 Å². The number of hydrogen-bond acceptors (Lipinski definition) is 8. The molecule has 0 saturated heterocycles. The summed E-state index contributed by atoms with van der Waals surface area (Å²) in [5, 5.41) is 12.6. The van der Waals surface area contributed by atoms with Crippen molar-refractivity contribution in [2.24, 2.45) is 0 Å². The van der Waals surface area contributed by atoms with E-state index in [9.17, 15) is 13.2 Å². The smallest absolute Gasteiger partial charge is 0.322 e. The van der Waals surface area contributed by atoms with Crippen molar-refractivity contribution in [3.05, 3.63) is 77.6 Å². The number of pyridine rings is 2. The first kappa shape index (κ1) is 26.4. The molecule has 0 aliphatic carbocycles. The van der Waals surface area contributed by atoms with Gasteiger partial charge in [0.1, 0.15) is 23.0 Å². The molecular weight excluding hydrogens is 512 g/mol. The lowest BCUT2D eigenvalue weighted by Gasteiger charge is -2.21. The number of halogens is 1. The number of aromatic nitrogens is 2. The number of nitrogens with one attached hydrogen (secondary N) is 1. The summed E-state index contributed by atoms with van der Waals surface area (Å²) < 4.78 is 34.6. The maximum absolute atomic E-state index is 13.5. The van der Waals surface area contributed by atoms with Crippen LogP contribution in [-0.2, 0) is 27.9 Å². The Bertz CT molecular complexity index is 1410. The standard InChI is InChI=1S/C23H22N4O5S2.ClH/c1-32-18-8-7-16-10-19(33-21(16)11-18)15-27(34(30,31)20-5-3-9-24-12-20)14-17-4-2-6-22(26-17)25-13-23(28)29;/h2-12H,13-15H2,1H3,(H,25,26)(H,28,29);1H. The first-order valence-corrected chi connectivity index (χ1v) is 12.5. The topological polar surface area (TPSA) is 122 Å². The fourth-order valence-electron chi connectivity index (χ4n) is 3.33. The van der Waals surface area contributed by atoms with E-state index >= 15 is 0 Å². The Labute approximate surface area is 212 Å². The van der Waals surface area contributed by atoms with E-state index < -0.39 is 16.0 Å². The number of sulfonamides is 1. The number of carboxylic acid groups (broad SMARTS) is 1. The van der Waals surface area contributed by atoms with E-state index in [0.717, 1.165) is 20.7 Å². The zero-order valence-electron chi connectivity index (χ0n) is 18.6. The molecule has 9 nitrogen and oxygen atoms in total. The molecule has 0 aliphatic heterocycles. The van der Waals surface area contributed by atoms with Crippen LogP contribution in [0.15, 0.2) is 71.9 Å². The molecule has 3 aromatic heterocycles. The summed E-state index contributed by atoms with van der Waals surface area (Å²) in [4.78, 5) is 20.1. The molecule has 0 fully saturated rings. The van der Waals surface area contributed by atoms with E-state index in [1.807, 2.05) is 24.3 Å². The summed E-state index contributed by atoms with van der Waals surface area (Å²) in [6, 6.07) is 15.8. The third kappa shape index (κ3) is 6.45. The van der Waals surface area contributed by atoms with Gasteiger partial charge in [-0.3, -0.25) is 9.78 Å². The third-order valence-corrected chi connectivity index (χ3v) is 7.81. The third-order valence-electron chi connectivity index (χ3n) is 4.95. The number of anilines is 1. The second-order valence-electron chi connectivity index (χ2n) is 7.34. The summed E-state index contributed by atoms with van der Waals surface area (Å²) in [5.74, 6) is 0.0672. The van der Waals surface area contributed by atoms with Gasteiger partial charge in [-0.1, -0.05) is 6.07 Å². The Morgan fingerprint density at radius 2 is 1.97 bits per heavy atom. The van der Waals surface area contributed by atoms with Crippen molar-refractivity contribution in [3.63, 3.8) is 0 Å². The van der Waals surface area contributed by atoms with Gasteiger partial charge < -0.3 is 15.2 Å². The fraction of sp³-hybridized carbons (Fsp3) is 0.174. The zero-order chi connectivity index (χ0) is 24.1. The van der Waals surface area contributed by atoms with Crippen LogP contribution in [-0.4, -0.2) is 47.4 Å². The van der Waals surface area contributed by atoms with Crippen molar-refractivity contribution in [1.82, 2.24) is 14.3 Å². The lowest BCUT2D eigenvalue weighted by Crippen LogP contribution is -2.30. The van der Waals surface area contributed by atoms with Gasteiger partial charge in [0.15, 0.2) is 0 Å². The average molecular weight is 535 g/mol. The van der Waals surface area contributed by atoms with E-state index in [0.29, 0.717) is 11.5 Å². The highest BCUT2D eigenvalue weighted by atomic mass is 35.5. The summed E-state index contributed by atoms with van der Waals surface area (Å²) in [7, 11) is -2.29. The van der Waals surface area contributed by atoms with Gasteiger partial charge in [-0.05, 0) is 53.9 Å². The molecule has 0 bridgehead atoms. The molecule has 0 radical (unpaired) electrons. The number of nitrogens with zero attached hydrogens (tertiary/aromatic N) is 3. The Balaban J connectivity index is 0.00000342. The monoisotopic (exact) mass is 534 g/mol. The molecule has 0 atom stereocenters. The number of fused-ring (bicyclic) bond motifs is 1. The first-order chi connectivity index (χ1) is 16.3. The van der Waals surface area contributed by atoms with Crippen molar-refractivity contribution in [2.75, 3.05) is 19.0 Å². The zero-order valence-corrected chi connectivity index (χ0v) is 21.1. The van der Waals surface area contributed by atoms with E-state index in [4.69, 9.17) is 9.84 Å². The normalized spacial score (nSPS) is 11.3. The number of thiophene rings is 1. The van der Waals surface area contributed by atoms with Gasteiger partial charge in [0.05, 0.1) is 19.3 Å². The lowest BCUT2D eigenvalue weighted by molar-refractivity contribution is -0.134. The van der Waals surface area contributed by atoms with Crippen molar-refractivity contribution < 1.29 is 23.1 Å². The largest absolute Gasteiger partial charge is 0.497 e. The second-order valence-corrected chi connectivity index (χ2v) is 10.4. The van der Waals surface area contributed by atoms with E-state index in [1.54, 1.807) is 31.4 Å². The van der Waals surface area contributed by atoms with Crippen LogP contribution in [0.3, 0.4) is 0 Å². The minimum absolute atomic E-state index is 0. The summed E-state index contributed by atoms with van der Waals surface area (Å²) in [5.41, 5.74) is 0.477. The molecule has 184 valence electrons. The van der Waals surface area contributed by atoms with Crippen LogP contribution in [0, 0.1) is 0 Å². The maximum atomic E-state index is 13.5. The van der Waals surface area contributed by atoms with Crippen LogP contribution in [0.1, 0.15) is 10.6 Å². The molecule has 0 unspecified atom stereocenters. The molecular formula is C23H23ClN4O5S2. The first-order valence-electron chi connectivity index (χ1n) is 10.2. The van der Waals surface area contributed by atoms with Crippen LogP contribution in [0.25, 0.3) is 10.1 Å². The van der Waals surface area contributed by atoms with Gasteiger partial charge in [0.2, 0.25) is 10.0 Å². The van der Waals surface area contributed by atoms with Crippen LogP contribution >= 0.6 is 23.7 Å². The Morgan fingerprint density at radius 1 is 1.14 bits per heavy atom. The SMILES string of the molecule is COc1ccc2cc(CN(Cc3cccc(NCC(=O)O)n3)S(=O)(=O)c3cccnc3)sc2c1.Cl. The van der Waals surface area contributed by atoms with Crippen LogP contribution < -0.4 is 10.1 Å². The number of rotatable bonds is 10. The molecule has 3 heterocycles. The van der Waals surface area contributed by atoms with E-state index in [2.05, 4.69) is 15.3 Å². The Kier molecular flexibility index (Phi) is 8.62. The number of carbonyl (C=O) groups is 1. The van der Waals surface area contributed by atoms with Gasteiger partial charge in [-0.25, -0.2) is 13.4 Å². The molecule has 0 spiro atoms. The Morgan fingerprint density at radius 3 is 2.69 bits per heavy atom. The van der Waals surface area contributed by atoms with Crippen LogP contribution in [0.5, 0.6) is 5.75 Å². The number of ether oxygens (including phenoxy) is 1. The number of carboxylic acids is 1. The highest BCUT2D eigenvalue weighted by Crippen LogP contribution is 2.31. The number of hydrogen-bond donors (Lipinski definition) is 2. The molecule has 35 heavy (non-hydrogen) atoms. The molecule has 2 N–H and O–H groups in total. The molecule has 1 aromatic carbocycles. The van der Waals surface area contributed by atoms with E-state index in [-0.39, 0.29) is 36.9 Å². The second kappa shape index (κ2) is 11.5. The molecule has 0 aliphatic rings. The van der Waals surface area contributed by atoms with Crippen LogP contribution in [0.4, 0.5) is 5.82 Å². The maximum Gasteiger partial charge on any atom is 0.322 e. The molecule has 4 aromatic rings. The van der Waals surface area contributed by atoms with Crippen molar-refractivity contribution in [1.29, 1.82) is 0 Å². The highest BCUT2D eigenvalue weighted by Gasteiger charge is 2.26. The van der Waals surface area contributed by atoms with Crippen molar-refractivity contribution in [2.45, 2.75) is 18.0 Å². The number of benzene rings is 1. The van der Waals surface area contributed by atoms with Gasteiger partial charge in [-0.2, -0.15) is 4.31 Å². The predicted octanol–water partition coefficient (Wildman–Crippen LogP) is 4.01. The summed E-state index contributed by atoms with van der Waals surface area (Å²) >= 11 is 1.49. The van der Waals surface area contributed by atoms with Gasteiger partial charge >= 0.3 is 5.97 Å². The van der Waals surface area contributed by atoms with Gasteiger partial charge in [0.25, 0.3) is 0 Å². The van der Waals surface area contributed by atoms with Crippen LogP contribution in [0.2, 0.25) is 0 Å². The predicted molar refractivity (Wildman–Crippen MR) is 137 cm³/mol. The average Bonchev–Trinajstić information content (AvgIpc) is 3.24. The highest BCUT2D eigenvalue weighted by molar-refractivity contribution is 7.89. The summed E-state index contributed by atoms with van der Waals surface area (Å²) in [6.07, 6.45) is 2.83. The molecule has 12 heteroatoms. The molecule has 0 saturated carbocycles. The lowest BCUT2D eigenvalue weighted by atomic mass is 10.2. The minimum Gasteiger partial charge on any atom is -0.497 e. The number of methoxy groups -OCH3 is 1. The fourth-order valence-corrected chi connectivity index (χ4v) is 5.88. The molecule has 0 amide bonds. The Hall–Kier alpha value is -3.25. The van der Waals surface area contributed by atoms with Gasteiger partial charge in [-0.15, -0.1) is 23.7 Å². The van der Waals surface area contributed by atoms with Gasteiger partial charge in [0, 0.05) is 28.5 Å². The quantitative estimate of drug-likeness (QED) is 0.313. The van der Waals surface area contributed by atoms with Crippen molar-refractivity contribution >= 4 is 55.6 Å². The minimum atomic E-state index is -3.89. The van der Waals surface area contributed by atoms with Crippen molar-refractivity contribution in [3.8, 4) is 5.75 Å².